The summed E-state index contributed by atoms with van der Waals surface area (Å²) in [4.78, 5) is 11.7. The Balaban J connectivity index is 2.51. The molecule has 3 nitrogen and oxygen atoms in total. The van der Waals surface area contributed by atoms with Crippen molar-refractivity contribution in [1.82, 2.24) is 0 Å². The number of alkyl halides is 2. The number of carbonyl (C=O) groups excluding carboxylic acids is 1. The van der Waals surface area contributed by atoms with Gasteiger partial charge < -0.3 is 10.2 Å². The average Bonchev–Trinajstić information content (AvgIpc) is 2.74. The van der Waals surface area contributed by atoms with Crippen molar-refractivity contribution in [1.29, 1.82) is 0 Å². The van der Waals surface area contributed by atoms with Crippen LogP contribution in [-0.2, 0) is 4.43 Å². The second-order valence-corrected chi connectivity index (χ2v) is 12.8. The number of hydrogen-bond donors (Lipinski definition) is 1. The van der Waals surface area contributed by atoms with Gasteiger partial charge in [0.05, 0.1) is 0 Å². The fourth-order valence-corrected chi connectivity index (χ4v) is 6.49. The lowest BCUT2D eigenvalue weighted by atomic mass is 9.99. The molecule has 2 aromatic rings. The van der Waals surface area contributed by atoms with E-state index in [0.29, 0.717) is 11.1 Å². The highest BCUT2D eigenvalue weighted by atomic mass is 28.4. The van der Waals surface area contributed by atoms with E-state index in [1.807, 2.05) is 46.8 Å². The summed E-state index contributed by atoms with van der Waals surface area (Å²) in [6.07, 6.45) is 0.738. The van der Waals surface area contributed by atoms with Crippen molar-refractivity contribution in [2.45, 2.75) is 64.8 Å². The summed E-state index contributed by atoms with van der Waals surface area (Å²) in [6, 6.07) is 14.4. The number of primary amides is 1. The first kappa shape index (κ1) is 25.0. The molecule has 2 rings (SSSR count). The molecule has 0 saturated carbocycles. The minimum absolute atomic E-state index is 0.213. The van der Waals surface area contributed by atoms with E-state index in [2.05, 4.69) is 0 Å². The van der Waals surface area contributed by atoms with Gasteiger partial charge in [0.25, 0.3) is 5.92 Å². The summed E-state index contributed by atoms with van der Waals surface area (Å²) in [5.41, 5.74) is 8.32. The molecule has 2 N–H and O–H groups in total. The summed E-state index contributed by atoms with van der Waals surface area (Å²) in [5.74, 6) is -3.92. The Morgan fingerprint density at radius 3 is 2.10 bits per heavy atom. The molecule has 0 bridgehead atoms. The zero-order valence-corrected chi connectivity index (χ0v) is 20.0. The molecule has 0 saturated heterocycles. The normalized spacial score (nSPS) is 13.5. The number of hydrogen-bond acceptors (Lipinski definition) is 2. The Hall–Kier alpha value is -2.31. The first-order valence-corrected chi connectivity index (χ1v) is 13.3. The van der Waals surface area contributed by atoms with Crippen molar-refractivity contribution in [3.05, 3.63) is 76.4 Å². The van der Waals surface area contributed by atoms with Crippen LogP contribution < -0.4 is 5.73 Å². The van der Waals surface area contributed by atoms with Gasteiger partial charge in [-0.3, -0.25) is 4.79 Å². The number of amides is 1. The first-order valence-electron chi connectivity index (χ1n) is 10.8. The van der Waals surface area contributed by atoms with E-state index in [4.69, 9.17) is 10.2 Å². The van der Waals surface area contributed by atoms with Crippen molar-refractivity contribution in [2.75, 3.05) is 0 Å². The molecule has 0 radical (unpaired) electrons. The van der Waals surface area contributed by atoms with E-state index in [1.54, 1.807) is 30.3 Å². The van der Waals surface area contributed by atoms with Crippen LogP contribution in [0.15, 0.2) is 48.5 Å². The lowest BCUT2D eigenvalue weighted by Gasteiger charge is -2.36. The third-order valence-electron chi connectivity index (χ3n) is 5.99. The average molecular weight is 446 g/mol. The molecule has 1 unspecified atom stereocenters. The highest BCUT2D eigenvalue weighted by Crippen LogP contribution is 2.41. The summed E-state index contributed by atoms with van der Waals surface area (Å²) >= 11 is 0. The van der Waals surface area contributed by atoms with Crippen LogP contribution in [0.3, 0.4) is 0 Å². The summed E-state index contributed by atoms with van der Waals surface area (Å²) < 4.78 is 37.6. The fourth-order valence-electron chi connectivity index (χ4n) is 3.69. The number of halogens is 2. The lowest BCUT2D eigenvalue weighted by molar-refractivity contribution is -0.0627. The zero-order chi connectivity index (χ0) is 23.2. The number of rotatable bonds is 10. The van der Waals surface area contributed by atoms with Crippen molar-refractivity contribution in [2.24, 2.45) is 5.73 Å². The SMILES string of the molecule is CC[Si](CC)(CC)OC(c1ccc(C)cc1)C(F)(F)/C=C/c1cc(C)ccc1C(N)=O. The standard InChI is InChI=1S/C25H33F2NO2Si/c1-6-31(7-2,8-3)30-23(20-12-9-18(4)10-13-20)25(26,27)16-15-21-17-19(5)11-14-22(21)24(28)29/h9-17,23H,6-8H2,1-5H3,(H2,28,29)/b16-15+. The van der Waals surface area contributed by atoms with E-state index < -0.39 is 26.3 Å². The largest absolute Gasteiger partial charge is 0.404 e. The van der Waals surface area contributed by atoms with E-state index in [1.165, 1.54) is 6.08 Å². The van der Waals surface area contributed by atoms with Crippen LogP contribution >= 0.6 is 0 Å². The molecule has 168 valence electrons. The Morgan fingerprint density at radius 1 is 1.03 bits per heavy atom. The smallest absolute Gasteiger partial charge is 0.295 e. The first-order chi connectivity index (χ1) is 14.6. The van der Waals surface area contributed by atoms with Crippen molar-refractivity contribution >= 4 is 20.3 Å². The summed E-state index contributed by atoms with van der Waals surface area (Å²) in [7, 11) is -2.32. The highest BCUT2D eigenvalue weighted by Gasteiger charge is 2.44. The van der Waals surface area contributed by atoms with Gasteiger partial charge in [-0.2, -0.15) is 8.78 Å². The second-order valence-electron chi connectivity index (χ2n) is 8.12. The maximum Gasteiger partial charge on any atom is 0.295 e. The van der Waals surface area contributed by atoms with E-state index >= 15 is 8.78 Å². The molecule has 1 atom stereocenters. The fraction of sp³-hybridized carbons (Fsp3) is 0.400. The van der Waals surface area contributed by atoms with Gasteiger partial charge in [-0.05, 0) is 55.2 Å². The van der Waals surface area contributed by atoms with Crippen LogP contribution in [0.5, 0.6) is 0 Å². The van der Waals surface area contributed by atoms with E-state index in [-0.39, 0.29) is 5.56 Å². The van der Waals surface area contributed by atoms with Gasteiger partial charge in [-0.25, -0.2) is 0 Å². The van der Waals surface area contributed by atoms with Crippen LogP contribution in [0, 0.1) is 13.8 Å². The molecule has 0 aliphatic heterocycles. The Kier molecular flexibility index (Phi) is 8.32. The van der Waals surface area contributed by atoms with Crippen LogP contribution in [-0.4, -0.2) is 20.1 Å². The summed E-state index contributed by atoms with van der Waals surface area (Å²) in [5, 5.41) is 0. The Bertz CT molecular complexity index is 913. The number of nitrogens with two attached hydrogens (primary N) is 1. The maximum absolute atomic E-state index is 15.6. The molecule has 0 spiro atoms. The van der Waals surface area contributed by atoms with Gasteiger partial charge >= 0.3 is 0 Å². The zero-order valence-electron chi connectivity index (χ0n) is 19.0. The van der Waals surface area contributed by atoms with E-state index in [0.717, 1.165) is 35.3 Å². The van der Waals surface area contributed by atoms with Gasteiger partial charge in [0, 0.05) is 5.56 Å². The van der Waals surface area contributed by atoms with Crippen molar-refractivity contribution < 1.29 is 18.0 Å². The monoisotopic (exact) mass is 445 g/mol. The predicted molar refractivity (Wildman–Crippen MR) is 126 cm³/mol. The van der Waals surface area contributed by atoms with Gasteiger partial charge in [0.1, 0.15) is 6.10 Å². The Labute approximate surface area is 185 Å². The molecule has 0 aliphatic carbocycles. The molecule has 2 aromatic carbocycles. The number of aryl methyl sites for hydroxylation is 2. The third kappa shape index (κ3) is 6.11. The second kappa shape index (κ2) is 10.3. The molecule has 0 aromatic heterocycles. The van der Waals surface area contributed by atoms with Crippen molar-refractivity contribution in [3.8, 4) is 0 Å². The molecular formula is C25H33F2NO2Si. The van der Waals surface area contributed by atoms with Crippen molar-refractivity contribution in [3.63, 3.8) is 0 Å². The van der Waals surface area contributed by atoms with Gasteiger partial charge in [-0.15, -0.1) is 0 Å². The van der Waals surface area contributed by atoms with Gasteiger partial charge in [0.15, 0.2) is 8.32 Å². The molecular weight excluding hydrogens is 412 g/mol. The topological polar surface area (TPSA) is 52.3 Å². The molecule has 31 heavy (non-hydrogen) atoms. The maximum atomic E-state index is 15.6. The van der Waals surface area contributed by atoms with Gasteiger partial charge in [-0.1, -0.05) is 74.4 Å². The number of benzene rings is 2. The molecule has 0 aliphatic rings. The van der Waals surface area contributed by atoms with Crippen LogP contribution in [0.25, 0.3) is 6.08 Å². The number of carbonyl (C=O) groups is 1. The van der Waals surface area contributed by atoms with Crippen LogP contribution in [0.1, 0.15) is 59.5 Å². The van der Waals surface area contributed by atoms with E-state index in [9.17, 15) is 4.79 Å². The van der Waals surface area contributed by atoms with Crippen LogP contribution in [0.2, 0.25) is 18.1 Å². The third-order valence-corrected chi connectivity index (χ3v) is 10.6. The minimum atomic E-state index is -3.27. The quantitative estimate of drug-likeness (QED) is 0.408. The van der Waals surface area contributed by atoms with Crippen LogP contribution in [0.4, 0.5) is 8.78 Å². The predicted octanol–water partition coefficient (Wildman–Crippen LogP) is 6.81. The molecule has 0 heterocycles. The molecule has 0 fully saturated rings. The molecule has 6 heteroatoms. The molecule has 1 amide bonds. The highest BCUT2D eigenvalue weighted by molar-refractivity contribution is 6.73. The Morgan fingerprint density at radius 2 is 1.58 bits per heavy atom. The van der Waals surface area contributed by atoms with Gasteiger partial charge in [0.2, 0.25) is 5.91 Å². The summed E-state index contributed by atoms with van der Waals surface area (Å²) in [6.45, 7) is 9.81. The lowest BCUT2D eigenvalue weighted by Crippen LogP contribution is -2.41. The minimum Gasteiger partial charge on any atom is -0.404 e.